The molecule has 0 aliphatic carbocycles. The molecule has 0 fully saturated rings. The lowest BCUT2D eigenvalue weighted by Gasteiger charge is -2.13. The Kier molecular flexibility index (Phi) is 4.13. The summed E-state index contributed by atoms with van der Waals surface area (Å²) in [5.74, 6) is 6.12. The van der Waals surface area contributed by atoms with Crippen LogP contribution in [0.1, 0.15) is 25.3 Å². The summed E-state index contributed by atoms with van der Waals surface area (Å²) in [6.07, 6.45) is 0. The van der Waals surface area contributed by atoms with Crippen LogP contribution in [0.5, 0.6) is 5.75 Å². The van der Waals surface area contributed by atoms with Crippen molar-refractivity contribution in [1.82, 2.24) is 5.43 Å². The van der Waals surface area contributed by atoms with Crippen LogP contribution in [0.25, 0.3) is 0 Å². The number of nitrogens with one attached hydrogen (secondary N) is 2. The van der Waals surface area contributed by atoms with E-state index in [9.17, 15) is 4.79 Å². The Balaban J connectivity index is 2.97. The number of anilines is 1. The third-order valence-corrected chi connectivity index (χ3v) is 2.24. The van der Waals surface area contributed by atoms with Gasteiger partial charge in [-0.3, -0.25) is 5.43 Å². The van der Waals surface area contributed by atoms with Crippen LogP contribution in [0.2, 0.25) is 0 Å². The van der Waals surface area contributed by atoms with Crippen LogP contribution < -0.4 is 21.3 Å². The molecule has 1 rings (SSSR count). The molecule has 0 saturated heterocycles. The predicted octanol–water partition coefficient (Wildman–Crippen LogP) is 1.81. The molecule has 0 atom stereocenters. The molecular weight excluding hydrogens is 206 g/mol. The van der Waals surface area contributed by atoms with E-state index in [0.29, 0.717) is 11.6 Å². The summed E-state index contributed by atoms with van der Waals surface area (Å²) in [5.41, 5.74) is 3.74. The number of urea groups is 1. The number of carbonyl (C=O) groups is 1. The van der Waals surface area contributed by atoms with Crippen LogP contribution in [0.3, 0.4) is 0 Å². The van der Waals surface area contributed by atoms with E-state index in [1.165, 1.54) is 0 Å². The highest BCUT2D eigenvalue weighted by atomic mass is 16.5. The summed E-state index contributed by atoms with van der Waals surface area (Å²) >= 11 is 0. The van der Waals surface area contributed by atoms with Crippen LogP contribution in [0, 0.1) is 0 Å². The zero-order valence-electron chi connectivity index (χ0n) is 9.70. The van der Waals surface area contributed by atoms with Crippen molar-refractivity contribution in [3.8, 4) is 5.75 Å². The lowest BCUT2D eigenvalue weighted by molar-refractivity contribution is 0.252. The van der Waals surface area contributed by atoms with E-state index in [0.717, 1.165) is 11.3 Å². The molecule has 0 spiro atoms. The number of hydrogen-bond donors (Lipinski definition) is 3. The summed E-state index contributed by atoms with van der Waals surface area (Å²) < 4.78 is 5.24. The van der Waals surface area contributed by atoms with Crippen LogP contribution in [-0.2, 0) is 0 Å². The van der Waals surface area contributed by atoms with E-state index in [1.54, 1.807) is 13.2 Å². The molecule has 1 aromatic carbocycles. The number of carbonyl (C=O) groups excluding carboxylic acids is 1. The number of benzene rings is 1. The van der Waals surface area contributed by atoms with Gasteiger partial charge in [0.25, 0.3) is 0 Å². The minimum Gasteiger partial charge on any atom is -0.496 e. The number of ether oxygens (including phenoxy) is 1. The monoisotopic (exact) mass is 223 g/mol. The Labute approximate surface area is 94.9 Å². The van der Waals surface area contributed by atoms with Crippen molar-refractivity contribution < 1.29 is 9.53 Å². The van der Waals surface area contributed by atoms with Gasteiger partial charge in [-0.15, -0.1) is 0 Å². The van der Waals surface area contributed by atoms with Crippen LogP contribution in [0.15, 0.2) is 18.2 Å². The number of hydrogen-bond acceptors (Lipinski definition) is 3. The van der Waals surface area contributed by atoms with E-state index >= 15 is 0 Å². The van der Waals surface area contributed by atoms with E-state index in [1.807, 2.05) is 17.6 Å². The number of amides is 2. The van der Waals surface area contributed by atoms with Crippen molar-refractivity contribution in [2.75, 3.05) is 12.4 Å². The average Bonchev–Trinajstić information content (AvgIpc) is 2.28. The highest BCUT2D eigenvalue weighted by molar-refractivity contribution is 5.89. The van der Waals surface area contributed by atoms with Gasteiger partial charge in [0.2, 0.25) is 0 Å². The second kappa shape index (κ2) is 5.37. The molecule has 0 radical (unpaired) electrons. The standard InChI is InChI=1S/C11H17N3O2/c1-7(2)9-6-8(13-11(15)14-12)4-5-10(9)16-3/h4-7H,12H2,1-3H3,(H2,13,14,15). The van der Waals surface area contributed by atoms with Gasteiger partial charge in [-0.25, -0.2) is 10.6 Å². The second-order valence-corrected chi connectivity index (χ2v) is 3.71. The number of rotatable bonds is 3. The number of methoxy groups -OCH3 is 1. The fourth-order valence-electron chi connectivity index (χ4n) is 1.43. The molecule has 16 heavy (non-hydrogen) atoms. The van der Waals surface area contributed by atoms with Crippen molar-refractivity contribution in [1.29, 1.82) is 0 Å². The molecule has 4 N–H and O–H groups in total. The number of nitrogens with two attached hydrogens (primary N) is 1. The van der Waals surface area contributed by atoms with Crippen molar-refractivity contribution in [3.05, 3.63) is 23.8 Å². The van der Waals surface area contributed by atoms with Crippen molar-refractivity contribution in [2.45, 2.75) is 19.8 Å². The van der Waals surface area contributed by atoms with Crippen LogP contribution in [-0.4, -0.2) is 13.1 Å². The molecule has 5 heteroatoms. The maximum atomic E-state index is 11.0. The molecule has 5 nitrogen and oxygen atoms in total. The highest BCUT2D eigenvalue weighted by Crippen LogP contribution is 2.28. The lowest BCUT2D eigenvalue weighted by Crippen LogP contribution is -2.34. The second-order valence-electron chi connectivity index (χ2n) is 3.71. The molecule has 88 valence electrons. The van der Waals surface area contributed by atoms with Crippen molar-refractivity contribution in [2.24, 2.45) is 5.84 Å². The van der Waals surface area contributed by atoms with Gasteiger partial charge in [0.15, 0.2) is 0 Å². The third kappa shape index (κ3) is 2.87. The summed E-state index contributed by atoms with van der Waals surface area (Å²) in [6.45, 7) is 4.12. The van der Waals surface area contributed by atoms with Gasteiger partial charge in [-0.1, -0.05) is 13.8 Å². The first-order valence-electron chi connectivity index (χ1n) is 5.04. The summed E-state index contributed by atoms with van der Waals surface area (Å²) in [7, 11) is 1.63. The van der Waals surface area contributed by atoms with Gasteiger partial charge in [0.1, 0.15) is 5.75 Å². The maximum absolute atomic E-state index is 11.0. The molecule has 0 aliphatic heterocycles. The summed E-state index contributed by atoms with van der Waals surface area (Å²) in [4.78, 5) is 11.0. The maximum Gasteiger partial charge on any atom is 0.333 e. The van der Waals surface area contributed by atoms with E-state index < -0.39 is 6.03 Å². The topological polar surface area (TPSA) is 76.4 Å². The molecular formula is C11H17N3O2. The molecule has 1 aromatic rings. The molecule has 0 saturated carbocycles. The van der Waals surface area contributed by atoms with Gasteiger partial charge in [0.05, 0.1) is 7.11 Å². The van der Waals surface area contributed by atoms with Crippen LogP contribution >= 0.6 is 0 Å². The Morgan fingerprint density at radius 3 is 2.62 bits per heavy atom. The minimum absolute atomic E-state index is 0.317. The van der Waals surface area contributed by atoms with Crippen LogP contribution in [0.4, 0.5) is 10.5 Å². The fraction of sp³-hybridized carbons (Fsp3) is 0.364. The molecule has 2 amide bonds. The molecule has 0 aliphatic rings. The minimum atomic E-state index is -0.445. The van der Waals surface area contributed by atoms with E-state index in [-0.39, 0.29) is 0 Å². The Morgan fingerprint density at radius 1 is 1.44 bits per heavy atom. The Bertz CT molecular complexity index is 377. The smallest absolute Gasteiger partial charge is 0.333 e. The SMILES string of the molecule is COc1ccc(NC(=O)NN)cc1C(C)C. The van der Waals surface area contributed by atoms with Gasteiger partial charge < -0.3 is 10.1 Å². The highest BCUT2D eigenvalue weighted by Gasteiger charge is 2.09. The summed E-state index contributed by atoms with van der Waals surface area (Å²) in [6, 6.07) is 5.01. The Hall–Kier alpha value is -1.75. The molecule has 0 heterocycles. The quantitative estimate of drug-likeness (QED) is 0.415. The molecule has 0 aromatic heterocycles. The largest absolute Gasteiger partial charge is 0.496 e. The zero-order valence-corrected chi connectivity index (χ0v) is 9.70. The summed E-state index contributed by atoms with van der Waals surface area (Å²) in [5, 5.41) is 2.61. The van der Waals surface area contributed by atoms with Crippen molar-refractivity contribution in [3.63, 3.8) is 0 Å². The van der Waals surface area contributed by atoms with Gasteiger partial charge >= 0.3 is 6.03 Å². The van der Waals surface area contributed by atoms with Gasteiger partial charge in [-0.05, 0) is 29.7 Å². The van der Waals surface area contributed by atoms with Gasteiger partial charge in [0, 0.05) is 5.69 Å². The number of hydrazine groups is 1. The third-order valence-electron chi connectivity index (χ3n) is 2.24. The molecule has 0 bridgehead atoms. The normalized spacial score (nSPS) is 10.1. The van der Waals surface area contributed by atoms with Crippen molar-refractivity contribution >= 4 is 11.7 Å². The van der Waals surface area contributed by atoms with Gasteiger partial charge in [-0.2, -0.15) is 0 Å². The first-order chi connectivity index (χ1) is 7.58. The first-order valence-corrected chi connectivity index (χ1v) is 5.04. The molecule has 0 unspecified atom stereocenters. The fourth-order valence-corrected chi connectivity index (χ4v) is 1.43. The van der Waals surface area contributed by atoms with E-state index in [4.69, 9.17) is 10.6 Å². The van der Waals surface area contributed by atoms with E-state index in [2.05, 4.69) is 19.2 Å². The zero-order chi connectivity index (χ0) is 12.1. The first kappa shape index (κ1) is 12.3. The Morgan fingerprint density at radius 2 is 2.12 bits per heavy atom. The predicted molar refractivity (Wildman–Crippen MR) is 63.4 cm³/mol. The average molecular weight is 223 g/mol. The lowest BCUT2D eigenvalue weighted by atomic mass is 10.0.